The fourth-order valence-corrected chi connectivity index (χ4v) is 5.30. The number of benzene rings is 2. The van der Waals surface area contributed by atoms with Crippen molar-refractivity contribution in [2.75, 3.05) is 19.7 Å². The number of amides is 2. The molecule has 1 saturated carbocycles. The molecule has 1 aliphatic heterocycles. The van der Waals surface area contributed by atoms with Gasteiger partial charge in [-0.15, -0.1) is 0 Å². The molecule has 2 fully saturated rings. The van der Waals surface area contributed by atoms with E-state index in [1.807, 2.05) is 24.3 Å². The number of carbonyl (C=O) groups is 3. The maximum atomic E-state index is 12.8. The molecule has 172 valence electrons. The Morgan fingerprint density at radius 2 is 1.67 bits per heavy atom. The number of alkyl carbamates (subject to hydrolysis) is 1. The van der Waals surface area contributed by atoms with Crippen molar-refractivity contribution in [1.82, 2.24) is 10.2 Å². The summed E-state index contributed by atoms with van der Waals surface area (Å²) in [4.78, 5) is 38.1. The summed E-state index contributed by atoms with van der Waals surface area (Å²) in [5.74, 6) is -1.20. The van der Waals surface area contributed by atoms with Crippen LogP contribution < -0.4 is 5.32 Å². The van der Waals surface area contributed by atoms with E-state index < -0.39 is 18.1 Å². The van der Waals surface area contributed by atoms with Gasteiger partial charge in [0.25, 0.3) is 0 Å². The molecule has 3 atom stereocenters. The van der Waals surface area contributed by atoms with Crippen molar-refractivity contribution in [1.29, 1.82) is 0 Å². The Morgan fingerprint density at radius 3 is 2.33 bits per heavy atom. The Balaban J connectivity index is 1.12. The number of carboxylic acids is 1. The molecule has 1 heterocycles. The number of likely N-dealkylation sites (tertiary alicyclic amines) is 1. The van der Waals surface area contributed by atoms with E-state index in [1.165, 1.54) is 16.0 Å². The zero-order valence-electron chi connectivity index (χ0n) is 18.4. The Bertz CT molecular complexity index is 1040. The predicted molar refractivity (Wildman–Crippen MR) is 122 cm³/mol. The molecule has 0 spiro atoms. The average molecular weight is 449 g/mol. The summed E-state index contributed by atoms with van der Waals surface area (Å²) in [6.45, 7) is 1.11. The molecular weight excluding hydrogens is 420 g/mol. The summed E-state index contributed by atoms with van der Waals surface area (Å²) in [5.41, 5.74) is 4.68. The second-order valence-electron chi connectivity index (χ2n) is 9.19. The van der Waals surface area contributed by atoms with Gasteiger partial charge in [-0.3, -0.25) is 4.79 Å². The quantitative estimate of drug-likeness (QED) is 0.704. The van der Waals surface area contributed by atoms with E-state index in [0.717, 1.165) is 24.0 Å². The molecule has 2 aromatic rings. The lowest BCUT2D eigenvalue weighted by Gasteiger charge is -2.33. The van der Waals surface area contributed by atoms with Crippen LogP contribution in [0.2, 0.25) is 0 Å². The van der Waals surface area contributed by atoms with Crippen molar-refractivity contribution in [3.63, 3.8) is 0 Å². The van der Waals surface area contributed by atoms with Crippen LogP contribution in [0.25, 0.3) is 11.1 Å². The lowest BCUT2D eigenvalue weighted by Crippen LogP contribution is -2.48. The predicted octanol–water partition coefficient (Wildman–Crippen LogP) is 3.63. The van der Waals surface area contributed by atoms with E-state index >= 15 is 0 Å². The zero-order valence-corrected chi connectivity index (χ0v) is 18.4. The molecule has 33 heavy (non-hydrogen) atoms. The Morgan fingerprint density at radius 1 is 1.00 bits per heavy atom. The second kappa shape index (κ2) is 8.89. The molecule has 2 N–H and O–H groups in total. The van der Waals surface area contributed by atoms with Crippen LogP contribution >= 0.6 is 0 Å². The molecule has 0 bridgehead atoms. The molecule has 2 amide bonds. The highest BCUT2D eigenvalue weighted by Gasteiger charge is 2.47. The first-order valence-corrected chi connectivity index (χ1v) is 11.7. The highest BCUT2D eigenvalue weighted by Crippen LogP contribution is 2.44. The van der Waals surface area contributed by atoms with Crippen LogP contribution in [0.15, 0.2) is 48.5 Å². The summed E-state index contributed by atoms with van der Waals surface area (Å²) >= 11 is 0. The van der Waals surface area contributed by atoms with Crippen LogP contribution in [0.4, 0.5) is 4.79 Å². The molecule has 2 aliphatic carbocycles. The van der Waals surface area contributed by atoms with E-state index in [1.54, 1.807) is 0 Å². The monoisotopic (exact) mass is 448 g/mol. The van der Waals surface area contributed by atoms with Crippen LogP contribution in [0, 0.1) is 11.8 Å². The van der Waals surface area contributed by atoms with Gasteiger partial charge in [-0.05, 0) is 53.9 Å². The first-order valence-electron chi connectivity index (χ1n) is 11.7. The van der Waals surface area contributed by atoms with Gasteiger partial charge in [0.1, 0.15) is 12.6 Å². The minimum atomic E-state index is -0.933. The third-order valence-electron chi connectivity index (χ3n) is 7.16. The molecule has 0 aromatic heterocycles. The van der Waals surface area contributed by atoms with Gasteiger partial charge >= 0.3 is 12.1 Å². The van der Waals surface area contributed by atoms with Gasteiger partial charge in [0.2, 0.25) is 5.91 Å². The minimum Gasteiger partial charge on any atom is -0.480 e. The lowest BCUT2D eigenvalue weighted by molar-refractivity contribution is -0.152. The number of carboxylic acid groups (broad SMARTS) is 1. The van der Waals surface area contributed by atoms with Gasteiger partial charge < -0.3 is 20.1 Å². The average Bonchev–Trinajstić information content (AvgIpc) is 3.55. The SMILES string of the molecule is O=C(NCC1CC1C(=O)N1CCCC[C@@H]1C(=O)O)OCC1c2ccccc2-c2ccccc21. The van der Waals surface area contributed by atoms with Crippen LogP contribution in [-0.2, 0) is 14.3 Å². The fraction of sp³-hybridized carbons (Fsp3) is 0.423. The van der Waals surface area contributed by atoms with Gasteiger partial charge in [-0.25, -0.2) is 9.59 Å². The van der Waals surface area contributed by atoms with Gasteiger partial charge in [-0.1, -0.05) is 48.5 Å². The van der Waals surface area contributed by atoms with Crippen molar-refractivity contribution < 1.29 is 24.2 Å². The van der Waals surface area contributed by atoms with Crippen molar-refractivity contribution in [2.24, 2.45) is 11.8 Å². The molecule has 2 unspecified atom stereocenters. The number of nitrogens with zero attached hydrogens (tertiary/aromatic N) is 1. The highest BCUT2D eigenvalue weighted by atomic mass is 16.5. The van der Waals surface area contributed by atoms with E-state index in [-0.39, 0.29) is 30.3 Å². The van der Waals surface area contributed by atoms with Crippen molar-refractivity contribution >= 4 is 18.0 Å². The van der Waals surface area contributed by atoms with Crippen LogP contribution in [0.1, 0.15) is 42.7 Å². The standard InChI is InChI=1S/C26H28N2O5/c29-24(28-12-6-5-11-23(28)25(30)31)21-13-16(21)14-27-26(32)33-15-22-19-9-3-1-7-17(19)18-8-2-4-10-20(18)22/h1-4,7-10,16,21-23H,5-6,11-15H2,(H,27,32)(H,30,31)/t16?,21?,23-/m1/s1. The lowest BCUT2D eigenvalue weighted by atomic mass is 9.98. The van der Waals surface area contributed by atoms with Crippen LogP contribution in [-0.4, -0.2) is 53.7 Å². The minimum absolute atomic E-state index is 0.00505. The smallest absolute Gasteiger partial charge is 0.407 e. The summed E-state index contributed by atoms with van der Waals surface area (Å²) in [6, 6.07) is 15.6. The number of rotatable bonds is 6. The largest absolute Gasteiger partial charge is 0.480 e. The van der Waals surface area contributed by atoms with Crippen molar-refractivity contribution in [3.8, 4) is 11.1 Å². The summed E-state index contributed by atoms with van der Waals surface area (Å²) in [7, 11) is 0. The van der Waals surface area contributed by atoms with E-state index in [0.29, 0.717) is 25.9 Å². The number of hydrogen-bond donors (Lipinski definition) is 2. The van der Waals surface area contributed by atoms with E-state index in [4.69, 9.17) is 4.74 Å². The number of fused-ring (bicyclic) bond motifs is 3. The maximum absolute atomic E-state index is 12.8. The third kappa shape index (κ3) is 4.19. The number of aliphatic carboxylic acids is 1. The van der Waals surface area contributed by atoms with E-state index in [9.17, 15) is 19.5 Å². The molecule has 2 aromatic carbocycles. The normalized spacial score (nSPS) is 23.4. The molecule has 7 nitrogen and oxygen atoms in total. The van der Waals surface area contributed by atoms with Crippen LogP contribution in [0.3, 0.4) is 0 Å². The third-order valence-corrected chi connectivity index (χ3v) is 7.16. The molecule has 1 saturated heterocycles. The Labute approximate surface area is 192 Å². The summed E-state index contributed by atoms with van der Waals surface area (Å²) in [6.07, 6.45) is 2.36. The van der Waals surface area contributed by atoms with Crippen molar-refractivity contribution in [3.05, 3.63) is 59.7 Å². The Kier molecular flexibility index (Phi) is 5.79. The second-order valence-corrected chi connectivity index (χ2v) is 9.19. The topological polar surface area (TPSA) is 95.9 Å². The number of carbonyl (C=O) groups excluding carboxylic acids is 2. The number of nitrogens with one attached hydrogen (secondary N) is 1. The molecule has 0 radical (unpaired) electrons. The first-order chi connectivity index (χ1) is 16.0. The van der Waals surface area contributed by atoms with Crippen LogP contribution in [0.5, 0.6) is 0 Å². The van der Waals surface area contributed by atoms with Crippen molar-refractivity contribution in [2.45, 2.75) is 37.6 Å². The molecule has 7 heteroatoms. The maximum Gasteiger partial charge on any atom is 0.407 e. The zero-order chi connectivity index (χ0) is 22.9. The summed E-state index contributed by atoms with van der Waals surface area (Å²) in [5, 5.41) is 12.2. The highest BCUT2D eigenvalue weighted by molar-refractivity contribution is 5.87. The van der Waals surface area contributed by atoms with Gasteiger partial charge in [0, 0.05) is 24.9 Å². The fourth-order valence-electron chi connectivity index (χ4n) is 5.30. The number of ether oxygens (including phenoxy) is 1. The van der Waals surface area contributed by atoms with Gasteiger partial charge in [-0.2, -0.15) is 0 Å². The molecular formula is C26H28N2O5. The van der Waals surface area contributed by atoms with Gasteiger partial charge in [0.15, 0.2) is 0 Å². The van der Waals surface area contributed by atoms with E-state index in [2.05, 4.69) is 29.6 Å². The molecule has 3 aliphatic rings. The first kappa shape index (κ1) is 21.5. The summed E-state index contributed by atoms with van der Waals surface area (Å²) < 4.78 is 5.56. The molecule has 5 rings (SSSR count). The number of hydrogen-bond acceptors (Lipinski definition) is 4. The Hall–Kier alpha value is -3.35. The van der Waals surface area contributed by atoms with Gasteiger partial charge in [0.05, 0.1) is 0 Å². The number of piperidine rings is 1.